The lowest BCUT2D eigenvalue weighted by atomic mass is 10.0. The Bertz CT molecular complexity index is 694. The van der Waals surface area contributed by atoms with E-state index >= 15 is 0 Å². The molecular formula is C21H29FN2O2. The third kappa shape index (κ3) is 5.70. The van der Waals surface area contributed by atoms with Gasteiger partial charge in [-0.2, -0.15) is 0 Å². The van der Waals surface area contributed by atoms with E-state index in [-0.39, 0.29) is 24.4 Å². The smallest absolute Gasteiger partial charge is 0.320 e. The summed E-state index contributed by atoms with van der Waals surface area (Å²) in [6.07, 6.45) is 2.02. The number of nitrogens with zero attached hydrogens (tertiary/aromatic N) is 2. The van der Waals surface area contributed by atoms with Crippen molar-refractivity contribution in [3.63, 3.8) is 0 Å². The van der Waals surface area contributed by atoms with Crippen molar-refractivity contribution in [1.29, 1.82) is 0 Å². The Morgan fingerprint density at radius 2 is 1.88 bits per heavy atom. The van der Waals surface area contributed by atoms with Crippen LogP contribution in [0.3, 0.4) is 0 Å². The molecule has 0 saturated carbocycles. The molecule has 0 bridgehead atoms. The van der Waals surface area contributed by atoms with Gasteiger partial charge in [0.25, 0.3) is 0 Å². The number of benzene rings is 1. The third-order valence-electron chi connectivity index (χ3n) is 4.73. The minimum atomic E-state index is -0.229. The average Bonchev–Trinajstić information content (AvgIpc) is 3.02. The summed E-state index contributed by atoms with van der Waals surface area (Å²) >= 11 is 0. The number of aromatic nitrogens is 1. The van der Waals surface area contributed by atoms with Crippen molar-refractivity contribution in [1.82, 2.24) is 9.47 Å². The van der Waals surface area contributed by atoms with Crippen LogP contribution in [0.5, 0.6) is 0 Å². The molecule has 0 aliphatic heterocycles. The van der Waals surface area contributed by atoms with Gasteiger partial charge in [0.05, 0.1) is 13.2 Å². The van der Waals surface area contributed by atoms with E-state index in [1.165, 1.54) is 12.1 Å². The zero-order valence-corrected chi connectivity index (χ0v) is 16.1. The normalized spacial score (nSPS) is 12.6. The molecule has 4 nitrogen and oxygen atoms in total. The Kier molecular flexibility index (Phi) is 7.39. The standard InChI is InChI=1S/C21H29FN2O2/c1-5-26-21(25)15-24(17(4)16(2)3)14-20-7-6-12-23(20)13-18-8-10-19(22)11-9-18/h6-12,16-17H,5,13-15H2,1-4H3/t17-/m0/s1. The maximum absolute atomic E-state index is 13.1. The van der Waals surface area contributed by atoms with Gasteiger partial charge in [0.1, 0.15) is 5.82 Å². The van der Waals surface area contributed by atoms with Gasteiger partial charge in [-0.15, -0.1) is 0 Å². The second-order valence-electron chi connectivity index (χ2n) is 6.95. The molecule has 1 heterocycles. The average molecular weight is 360 g/mol. The van der Waals surface area contributed by atoms with E-state index in [4.69, 9.17) is 4.74 Å². The van der Waals surface area contributed by atoms with Gasteiger partial charge in [-0.05, 0) is 49.6 Å². The van der Waals surface area contributed by atoms with Crippen molar-refractivity contribution in [3.8, 4) is 0 Å². The van der Waals surface area contributed by atoms with Gasteiger partial charge < -0.3 is 9.30 Å². The highest BCUT2D eigenvalue weighted by Gasteiger charge is 2.22. The minimum Gasteiger partial charge on any atom is -0.465 e. The molecule has 2 rings (SSSR count). The summed E-state index contributed by atoms with van der Waals surface area (Å²) in [4.78, 5) is 14.2. The molecule has 1 atom stereocenters. The lowest BCUT2D eigenvalue weighted by Crippen LogP contribution is -2.40. The molecule has 0 radical (unpaired) electrons. The van der Waals surface area contributed by atoms with Crippen LogP contribution in [-0.2, 0) is 22.6 Å². The first-order chi connectivity index (χ1) is 12.4. The van der Waals surface area contributed by atoms with E-state index in [1.54, 1.807) is 12.1 Å². The number of ether oxygens (including phenoxy) is 1. The highest BCUT2D eigenvalue weighted by Crippen LogP contribution is 2.16. The lowest BCUT2D eigenvalue weighted by Gasteiger charge is -2.31. The molecule has 2 aromatic rings. The first kappa shape index (κ1) is 20.2. The molecule has 0 spiro atoms. The second kappa shape index (κ2) is 9.53. The van der Waals surface area contributed by atoms with E-state index in [0.717, 1.165) is 11.3 Å². The second-order valence-corrected chi connectivity index (χ2v) is 6.95. The maximum Gasteiger partial charge on any atom is 0.320 e. The number of carbonyl (C=O) groups excluding carboxylic acids is 1. The fourth-order valence-electron chi connectivity index (χ4n) is 2.88. The highest BCUT2D eigenvalue weighted by molar-refractivity contribution is 5.71. The van der Waals surface area contributed by atoms with Gasteiger partial charge in [-0.1, -0.05) is 26.0 Å². The Morgan fingerprint density at radius 3 is 2.50 bits per heavy atom. The predicted octanol–water partition coefficient (Wildman–Crippen LogP) is 4.09. The molecule has 142 valence electrons. The van der Waals surface area contributed by atoms with Crippen molar-refractivity contribution < 1.29 is 13.9 Å². The molecule has 0 fully saturated rings. The minimum absolute atomic E-state index is 0.198. The molecule has 0 amide bonds. The van der Waals surface area contributed by atoms with Crippen LogP contribution in [0.25, 0.3) is 0 Å². The van der Waals surface area contributed by atoms with E-state index in [0.29, 0.717) is 25.6 Å². The molecule has 26 heavy (non-hydrogen) atoms. The van der Waals surface area contributed by atoms with Crippen molar-refractivity contribution >= 4 is 5.97 Å². The molecule has 0 N–H and O–H groups in total. The molecule has 1 aromatic heterocycles. The molecule has 5 heteroatoms. The van der Waals surface area contributed by atoms with Crippen LogP contribution < -0.4 is 0 Å². The number of hydrogen-bond donors (Lipinski definition) is 0. The number of esters is 1. The molecular weight excluding hydrogens is 331 g/mol. The van der Waals surface area contributed by atoms with Gasteiger partial charge in [0.15, 0.2) is 0 Å². The number of rotatable bonds is 9. The van der Waals surface area contributed by atoms with E-state index in [1.807, 2.05) is 19.2 Å². The lowest BCUT2D eigenvalue weighted by molar-refractivity contribution is -0.145. The van der Waals surface area contributed by atoms with Gasteiger partial charge in [0.2, 0.25) is 0 Å². The van der Waals surface area contributed by atoms with Crippen molar-refractivity contribution in [2.75, 3.05) is 13.2 Å². The Balaban J connectivity index is 2.13. The monoisotopic (exact) mass is 360 g/mol. The van der Waals surface area contributed by atoms with Crippen LogP contribution in [-0.4, -0.2) is 34.6 Å². The third-order valence-corrected chi connectivity index (χ3v) is 4.73. The number of carbonyl (C=O) groups is 1. The zero-order chi connectivity index (χ0) is 19.1. The van der Waals surface area contributed by atoms with Crippen LogP contribution in [0.4, 0.5) is 4.39 Å². The quantitative estimate of drug-likeness (QED) is 0.632. The topological polar surface area (TPSA) is 34.5 Å². The largest absolute Gasteiger partial charge is 0.465 e. The molecule has 1 aromatic carbocycles. The van der Waals surface area contributed by atoms with Gasteiger partial charge in [-0.3, -0.25) is 9.69 Å². The first-order valence-corrected chi connectivity index (χ1v) is 9.18. The first-order valence-electron chi connectivity index (χ1n) is 9.18. The van der Waals surface area contributed by atoms with E-state index in [2.05, 4.69) is 36.3 Å². The van der Waals surface area contributed by atoms with Crippen LogP contribution in [0, 0.1) is 11.7 Å². The van der Waals surface area contributed by atoms with Gasteiger partial charge >= 0.3 is 5.97 Å². The Labute approximate surface area is 155 Å². The summed E-state index contributed by atoms with van der Waals surface area (Å²) in [6.45, 7) is 10.3. The highest BCUT2D eigenvalue weighted by atomic mass is 19.1. The van der Waals surface area contributed by atoms with Crippen LogP contribution in [0.1, 0.15) is 39.0 Å². The van der Waals surface area contributed by atoms with Crippen LogP contribution in [0.2, 0.25) is 0 Å². The zero-order valence-electron chi connectivity index (χ0n) is 16.1. The van der Waals surface area contributed by atoms with Crippen molar-refractivity contribution in [2.45, 2.75) is 46.8 Å². The molecule has 0 saturated heterocycles. The predicted molar refractivity (Wildman–Crippen MR) is 101 cm³/mol. The van der Waals surface area contributed by atoms with Gasteiger partial charge in [0, 0.05) is 31.0 Å². The molecule has 0 unspecified atom stereocenters. The van der Waals surface area contributed by atoms with E-state index < -0.39 is 0 Å². The van der Waals surface area contributed by atoms with Crippen LogP contribution in [0.15, 0.2) is 42.6 Å². The Morgan fingerprint density at radius 1 is 1.19 bits per heavy atom. The fourth-order valence-corrected chi connectivity index (χ4v) is 2.88. The summed E-state index contributed by atoms with van der Waals surface area (Å²) in [5, 5.41) is 0. The van der Waals surface area contributed by atoms with Crippen molar-refractivity contribution in [3.05, 3.63) is 59.7 Å². The van der Waals surface area contributed by atoms with Crippen molar-refractivity contribution in [2.24, 2.45) is 5.92 Å². The number of halogens is 1. The fraction of sp³-hybridized carbons (Fsp3) is 0.476. The number of hydrogen-bond acceptors (Lipinski definition) is 3. The summed E-state index contributed by atoms with van der Waals surface area (Å²) in [5.41, 5.74) is 2.16. The summed E-state index contributed by atoms with van der Waals surface area (Å²) in [6, 6.07) is 10.9. The summed E-state index contributed by atoms with van der Waals surface area (Å²) in [5.74, 6) is -0.00516. The summed E-state index contributed by atoms with van der Waals surface area (Å²) < 4.78 is 20.4. The van der Waals surface area contributed by atoms with Gasteiger partial charge in [-0.25, -0.2) is 4.39 Å². The molecule has 0 aliphatic carbocycles. The molecule has 0 aliphatic rings. The van der Waals surface area contributed by atoms with Crippen LogP contribution >= 0.6 is 0 Å². The van der Waals surface area contributed by atoms with E-state index in [9.17, 15) is 9.18 Å². The maximum atomic E-state index is 13.1. The Hall–Kier alpha value is -2.14. The summed E-state index contributed by atoms with van der Waals surface area (Å²) in [7, 11) is 0. The SMILES string of the molecule is CCOC(=O)CN(Cc1cccn1Cc1ccc(F)cc1)[C@@H](C)C(C)C.